The minimum Gasteiger partial charge on any atom is -0.338 e. The van der Waals surface area contributed by atoms with Crippen LogP contribution in [0.2, 0.25) is 0 Å². The van der Waals surface area contributed by atoms with Crippen molar-refractivity contribution in [2.45, 2.75) is 19.9 Å². The standard InChI is InChI=1S/C23H23N5O2/c1-15-7-9-16(10-8-15)23(30)27-12-17-11-20-25-26-21(28(20)14-18(17)13-27)22(29)24-19-5-3-2-4-6-19/h2-10,17-18H,11-14H2,1H3,(H,24,29)/t17-,18-/m1/s1. The lowest BCUT2D eigenvalue weighted by atomic mass is 9.89. The van der Waals surface area contributed by atoms with E-state index in [1.54, 1.807) is 0 Å². The third kappa shape index (κ3) is 3.36. The quantitative estimate of drug-likeness (QED) is 0.732. The molecular weight excluding hydrogens is 378 g/mol. The van der Waals surface area contributed by atoms with Gasteiger partial charge in [-0.15, -0.1) is 10.2 Å². The molecule has 2 aliphatic heterocycles. The highest BCUT2D eigenvalue weighted by Gasteiger charge is 2.40. The van der Waals surface area contributed by atoms with Crippen molar-refractivity contribution >= 4 is 17.5 Å². The normalized spacial score (nSPS) is 19.8. The van der Waals surface area contributed by atoms with Crippen LogP contribution in [-0.4, -0.2) is 44.6 Å². The number of aryl methyl sites for hydroxylation is 1. The number of para-hydroxylation sites is 1. The number of carbonyl (C=O) groups is 2. The van der Waals surface area contributed by atoms with Gasteiger partial charge in [0, 0.05) is 37.3 Å². The van der Waals surface area contributed by atoms with Crippen LogP contribution in [0.15, 0.2) is 54.6 Å². The molecule has 1 aromatic heterocycles. The van der Waals surface area contributed by atoms with Gasteiger partial charge in [-0.3, -0.25) is 9.59 Å². The van der Waals surface area contributed by atoms with E-state index in [1.807, 2.05) is 71.0 Å². The van der Waals surface area contributed by atoms with Crippen molar-refractivity contribution in [3.05, 3.63) is 77.4 Å². The Morgan fingerprint density at radius 2 is 1.67 bits per heavy atom. The molecule has 0 bridgehead atoms. The molecule has 1 fully saturated rings. The van der Waals surface area contributed by atoms with Crippen LogP contribution in [-0.2, 0) is 13.0 Å². The molecule has 7 heteroatoms. The second-order valence-electron chi connectivity index (χ2n) is 8.17. The van der Waals surface area contributed by atoms with Gasteiger partial charge in [-0.25, -0.2) is 0 Å². The van der Waals surface area contributed by atoms with Gasteiger partial charge in [0.25, 0.3) is 11.8 Å². The van der Waals surface area contributed by atoms with Crippen molar-refractivity contribution in [3.63, 3.8) is 0 Å². The van der Waals surface area contributed by atoms with Gasteiger partial charge in [-0.05, 0) is 43.0 Å². The molecule has 0 saturated carbocycles. The lowest BCUT2D eigenvalue weighted by Gasteiger charge is -2.25. The smallest absolute Gasteiger partial charge is 0.293 e. The number of aromatic nitrogens is 3. The number of benzene rings is 2. The zero-order valence-corrected chi connectivity index (χ0v) is 16.8. The Hall–Kier alpha value is -3.48. The number of likely N-dealkylation sites (tertiary alicyclic amines) is 1. The lowest BCUT2D eigenvalue weighted by Crippen LogP contribution is -2.31. The molecule has 2 aromatic carbocycles. The van der Waals surface area contributed by atoms with Crippen LogP contribution < -0.4 is 5.32 Å². The van der Waals surface area contributed by atoms with Gasteiger partial charge >= 0.3 is 0 Å². The van der Waals surface area contributed by atoms with Crippen molar-refractivity contribution in [3.8, 4) is 0 Å². The van der Waals surface area contributed by atoms with E-state index in [-0.39, 0.29) is 11.8 Å². The van der Waals surface area contributed by atoms with E-state index >= 15 is 0 Å². The molecule has 2 aliphatic rings. The van der Waals surface area contributed by atoms with Crippen molar-refractivity contribution in [1.29, 1.82) is 0 Å². The van der Waals surface area contributed by atoms with Crippen LogP contribution in [0.25, 0.3) is 0 Å². The fourth-order valence-electron chi connectivity index (χ4n) is 4.45. The molecule has 7 nitrogen and oxygen atoms in total. The van der Waals surface area contributed by atoms with Crippen LogP contribution in [0.5, 0.6) is 0 Å². The zero-order chi connectivity index (χ0) is 20.7. The first-order chi connectivity index (χ1) is 14.6. The maximum absolute atomic E-state index is 12.9. The van der Waals surface area contributed by atoms with Crippen LogP contribution >= 0.6 is 0 Å². The topological polar surface area (TPSA) is 80.1 Å². The van der Waals surface area contributed by atoms with Crippen LogP contribution in [0.4, 0.5) is 5.69 Å². The molecule has 152 valence electrons. The van der Waals surface area contributed by atoms with E-state index in [9.17, 15) is 9.59 Å². The molecule has 1 saturated heterocycles. The maximum Gasteiger partial charge on any atom is 0.293 e. The first-order valence-corrected chi connectivity index (χ1v) is 10.2. The molecule has 30 heavy (non-hydrogen) atoms. The molecule has 0 unspecified atom stereocenters. The number of nitrogens with zero attached hydrogens (tertiary/aromatic N) is 4. The van der Waals surface area contributed by atoms with E-state index < -0.39 is 0 Å². The summed E-state index contributed by atoms with van der Waals surface area (Å²) >= 11 is 0. The van der Waals surface area contributed by atoms with Gasteiger partial charge in [-0.1, -0.05) is 35.9 Å². The second-order valence-corrected chi connectivity index (χ2v) is 8.17. The number of fused-ring (bicyclic) bond motifs is 2. The maximum atomic E-state index is 12.9. The van der Waals surface area contributed by atoms with Crippen LogP contribution in [0, 0.1) is 18.8 Å². The van der Waals surface area contributed by atoms with Crippen LogP contribution in [0.3, 0.4) is 0 Å². The number of hydrogen-bond donors (Lipinski definition) is 1. The van der Waals surface area contributed by atoms with Gasteiger partial charge in [0.15, 0.2) is 0 Å². The number of nitrogens with one attached hydrogen (secondary N) is 1. The second kappa shape index (κ2) is 7.40. The highest BCUT2D eigenvalue weighted by Crippen LogP contribution is 2.33. The highest BCUT2D eigenvalue weighted by molar-refractivity contribution is 6.01. The van der Waals surface area contributed by atoms with Crippen molar-refractivity contribution in [2.75, 3.05) is 18.4 Å². The van der Waals surface area contributed by atoms with Gasteiger partial charge in [0.05, 0.1) is 0 Å². The monoisotopic (exact) mass is 401 g/mol. The summed E-state index contributed by atoms with van der Waals surface area (Å²) in [6, 6.07) is 17.0. The Morgan fingerprint density at radius 3 is 2.43 bits per heavy atom. The summed E-state index contributed by atoms with van der Waals surface area (Å²) in [6.07, 6.45) is 0.730. The minimum absolute atomic E-state index is 0.0715. The Labute approximate surface area is 174 Å². The molecule has 3 aromatic rings. The Balaban J connectivity index is 1.30. The van der Waals surface area contributed by atoms with Gasteiger partial charge in [0.2, 0.25) is 5.82 Å². The predicted molar refractivity (Wildman–Crippen MR) is 112 cm³/mol. The molecule has 2 amide bonds. The largest absolute Gasteiger partial charge is 0.338 e. The molecule has 0 aliphatic carbocycles. The fourth-order valence-corrected chi connectivity index (χ4v) is 4.45. The van der Waals surface area contributed by atoms with E-state index in [0.29, 0.717) is 30.7 Å². The zero-order valence-electron chi connectivity index (χ0n) is 16.8. The van der Waals surface area contributed by atoms with E-state index in [2.05, 4.69) is 15.5 Å². The number of carbonyl (C=O) groups excluding carboxylic acids is 2. The van der Waals surface area contributed by atoms with Gasteiger partial charge in [-0.2, -0.15) is 0 Å². The number of rotatable bonds is 3. The third-order valence-corrected chi connectivity index (χ3v) is 6.09. The van der Waals surface area contributed by atoms with E-state index in [0.717, 1.165) is 35.6 Å². The molecule has 3 heterocycles. The Morgan fingerprint density at radius 1 is 0.933 bits per heavy atom. The number of hydrogen-bond acceptors (Lipinski definition) is 4. The fraction of sp³-hybridized carbons (Fsp3) is 0.304. The molecular formula is C23H23N5O2. The number of amides is 2. The number of anilines is 1. The summed E-state index contributed by atoms with van der Waals surface area (Å²) in [5, 5.41) is 11.3. The highest BCUT2D eigenvalue weighted by atomic mass is 16.2. The van der Waals surface area contributed by atoms with Crippen molar-refractivity contribution in [1.82, 2.24) is 19.7 Å². The SMILES string of the molecule is Cc1ccc(C(=O)N2C[C@H]3Cc4nnc(C(=O)Nc5ccccc5)n4C[C@H]3C2)cc1. The molecule has 0 spiro atoms. The molecule has 5 rings (SSSR count). The first kappa shape index (κ1) is 18.5. The summed E-state index contributed by atoms with van der Waals surface area (Å²) < 4.78 is 1.92. The van der Waals surface area contributed by atoms with Gasteiger partial charge < -0.3 is 14.8 Å². The van der Waals surface area contributed by atoms with E-state index in [1.165, 1.54) is 0 Å². The average molecular weight is 401 g/mol. The lowest BCUT2D eigenvalue weighted by molar-refractivity contribution is 0.0783. The van der Waals surface area contributed by atoms with Gasteiger partial charge in [0.1, 0.15) is 5.82 Å². The minimum atomic E-state index is -0.260. The van der Waals surface area contributed by atoms with E-state index in [4.69, 9.17) is 0 Å². The Kier molecular flexibility index (Phi) is 4.58. The van der Waals surface area contributed by atoms with Crippen molar-refractivity contribution < 1.29 is 9.59 Å². The molecule has 2 atom stereocenters. The first-order valence-electron chi connectivity index (χ1n) is 10.2. The van der Waals surface area contributed by atoms with Crippen molar-refractivity contribution in [2.24, 2.45) is 11.8 Å². The Bertz CT molecular complexity index is 1090. The average Bonchev–Trinajstić information content (AvgIpc) is 3.36. The molecule has 1 N–H and O–H groups in total. The molecule has 0 radical (unpaired) electrons. The predicted octanol–water partition coefficient (Wildman–Crippen LogP) is 2.78. The summed E-state index contributed by atoms with van der Waals surface area (Å²) in [6.45, 7) is 4.08. The van der Waals surface area contributed by atoms with Crippen LogP contribution in [0.1, 0.15) is 32.4 Å². The summed E-state index contributed by atoms with van der Waals surface area (Å²) in [4.78, 5) is 27.6. The summed E-state index contributed by atoms with van der Waals surface area (Å²) in [7, 11) is 0. The third-order valence-electron chi connectivity index (χ3n) is 6.09. The summed E-state index contributed by atoms with van der Waals surface area (Å²) in [5.74, 6) is 1.60. The summed E-state index contributed by atoms with van der Waals surface area (Å²) in [5.41, 5.74) is 2.59.